The molecule has 0 radical (unpaired) electrons. The number of anilines is 1. The van der Waals surface area contributed by atoms with E-state index in [0.29, 0.717) is 23.4 Å². The van der Waals surface area contributed by atoms with Gasteiger partial charge in [0.05, 0.1) is 18.7 Å². The Morgan fingerprint density at radius 2 is 2.29 bits per heavy atom. The Labute approximate surface area is 185 Å². The molecule has 0 spiro atoms. The number of hydrogen-bond acceptors (Lipinski definition) is 7. The molecule has 162 valence electrons. The number of nitrogens with two attached hydrogens (primary N) is 1. The fraction of sp³-hybridized carbons (Fsp3) is 0.333. The van der Waals surface area contributed by atoms with Crippen LogP contribution in [0.25, 0.3) is 5.82 Å². The van der Waals surface area contributed by atoms with Crippen LogP contribution in [0.5, 0.6) is 0 Å². The molecule has 1 amide bonds. The molecule has 10 heteroatoms. The van der Waals surface area contributed by atoms with Gasteiger partial charge in [0.25, 0.3) is 5.91 Å². The van der Waals surface area contributed by atoms with Gasteiger partial charge in [0, 0.05) is 36.1 Å². The number of nitrogens with zero attached hydrogens (tertiary/aromatic N) is 4. The van der Waals surface area contributed by atoms with E-state index < -0.39 is 0 Å². The highest BCUT2D eigenvalue weighted by atomic mass is 35.5. The number of carbonyl (C=O) groups is 1. The maximum Gasteiger partial charge on any atom is 0.272 e. The largest absolute Gasteiger partial charge is 0.379 e. The third-order valence-corrected chi connectivity index (χ3v) is 5.29. The lowest BCUT2D eigenvalue weighted by atomic mass is 10.1. The van der Waals surface area contributed by atoms with Gasteiger partial charge in [-0.25, -0.2) is 9.97 Å². The third kappa shape index (κ3) is 5.01. The summed E-state index contributed by atoms with van der Waals surface area (Å²) in [6.45, 7) is 3.51. The SMILES string of the molecule is Cc1cnc(N[C@H]2CCOC2)nc1-n1cnc(C(=O)NC(CN)c2cccc(Cl)c2)c1. The van der Waals surface area contributed by atoms with Crippen molar-refractivity contribution in [2.24, 2.45) is 5.73 Å². The second kappa shape index (κ2) is 9.42. The van der Waals surface area contributed by atoms with Gasteiger partial charge in [0.15, 0.2) is 0 Å². The summed E-state index contributed by atoms with van der Waals surface area (Å²) in [5.74, 6) is 0.829. The fourth-order valence-electron chi connectivity index (χ4n) is 3.38. The summed E-state index contributed by atoms with van der Waals surface area (Å²) in [4.78, 5) is 26.0. The minimum atomic E-state index is -0.374. The van der Waals surface area contributed by atoms with E-state index in [1.165, 1.54) is 0 Å². The fourth-order valence-corrected chi connectivity index (χ4v) is 3.58. The van der Waals surface area contributed by atoms with Crippen molar-refractivity contribution in [3.05, 3.63) is 64.8 Å². The molecule has 0 saturated carbocycles. The second-order valence-corrected chi connectivity index (χ2v) is 7.82. The van der Waals surface area contributed by atoms with Crippen molar-refractivity contribution in [2.75, 3.05) is 25.1 Å². The summed E-state index contributed by atoms with van der Waals surface area (Å²) in [6, 6.07) is 7.07. The predicted octanol–water partition coefficient (Wildman–Crippen LogP) is 2.25. The molecule has 1 fully saturated rings. The van der Waals surface area contributed by atoms with Gasteiger partial charge in [-0.2, -0.15) is 4.98 Å². The molecule has 31 heavy (non-hydrogen) atoms. The van der Waals surface area contributed by atoms with Crippen LogP contribution < -0.4 is 16.4 Å². The maximum atomic E-state index is 12.8. The van der Waals surface area contributed by atoms with Crippen molar-refractivity contribution in [3.63, 3.8) is 0 Å². The first-order chi connectivity index (χ1) is 15.0. The van der Waals surface area contributed by atoms with Crippen molar-refractivity contribution in [1.29, 1.82) is 0 Å². The van der Waals surface area contributed by atoms with Gasteiger partial charge in [-0.3, -0.25) is 9.36 Å². The van der Waals surface area contributed by atoms with Crippen LogP contribution >= 0.6 is 11.6 Å². The van der Waals surface area contributed by atoms with Crippen LogP contribution in [0, 0.1) is 6.92 Å². The lowest BCUT2D eigenvalue weighted by molar-refractivity contribution is 0.0933. The number of rotatable bonds is 7. The van der Waals surface area contributed by atoms with Crippen molar-refractivity contribution >= 4 is 23.5 Å². The average Bonchev–Trinajstić information content (AvgIpc) is 3.45. The highest BCUT2D eigenvalue weighted by Gasteiger charge is 2.19. The average molecular weight is 442 g/mol. The third-order valence-electron chi connectivity index (χ3n) is 5.06. The zero-order valence-electron chi connectivity index (χ0n) is 17.1. The van der Waals surface area contributed by atoms with E-state index in [1.807, 2.05) is 19.1 Å². The molecule has 3 aromatic rings. The minimum Gasteiger partial charge on any atom is -0.379 e. The molecule has 2 aromatic heterocycles. The first kappa shape index (κ1) is 21.2. The van der Waals surface area contributed by atoms with Gasteiger partial charge >= 0.3 is 0 Å². The molecule has 4 rings (SSSR count). The summed E-state index contributed by atoms with van der Waals surface area (Å²) >= 11 is 6.06. The van der Waals surface area contributed by atoms with Gasteiger partial charge in [-0.1, -0.05) is 23.7 Å². The molecule has 1 aliphatic heterocycles. The summed E-state index contributed by atoms with van der Waals surface area (Å²) in [7, 11) is 0. The Morgan fingerprint density at radius 1 is 1.42 bits per heavy atom. The first-order valence-corrected chi connectivity index (χ1v) is 10.4. The number of carbonyl (C=O) groups excluding carboxylic acids is 1. The lowest BCUT2D eigenvalue weighted by Gasteiger charge is -2.16. The second-order valence-electron chi connectivity index (χ2n) is 7.39. The highest BCUT2D eigenvalue weighted by molar-refractivity contribution is 6.30. The highest BCUT2D eigenvalue weighted by Crippen LogP contribution is 2.19. The van der Waals surface area contributed by atoms with Gasteiger partial charge in [-0.15, -0.1) is 0 Å². The maximum absolute atomic E-state index is 12.8. The van der Waals surface area contributed by atoms with Crippen LogP contribution in [0.3, 0.4) is 0 Å². The quantitative estimate of drug-likeness (QED) is 0.514. The van der Waals surface area contributed by atoms with E-state index in [9.17, 15) is 4.79 Å². The van der Waals surface area contributed by atoms with Crippen molar-refractivity contribution < 1.29 is 9.53 Å². The predicted molar refractivity (Wildman–Crippen MR) is 117 cm³/mol. The van der Waals surface area contributed by atoms with Crippen LogP contribution in [0.15, 0.2) is 43.0 Å². The van der Waals surface area contributed by atoms with Gasteiger partial charge in [-0.05, 0) is 31.0 Å². The summed E-state index contributed by atoms with van der Waals surface area (Å²) in [5, 5.41) is 6.77. The molecule has 0 bridgehead atoms. The smallest absolute Gasteiger partial charge is 0.272 e. The number of imidazole rings is 1. The number of ether oxygens (including phenoxy) is 1. The zero-order chi connectivity index (χ0) is 21.8. The number of halogens is 1. The Kier molecular flexibility index (Phi) is 6.45. The van der Waals surface area contributed by atoms with E-state index in [2.05, 4.69) is 25.6 Å². The Morgan fingerprint density at radius 3 is 3.03 bits per heavy atom. The molecule has 1 unspecified atom stereocenters. The number of aryl methyl sites for hydroxylation is 1. The molecule has 4 N–H and O–H groups in total. The molecule has 3 heterocycles. The zero-order valence-corrected chi connectivity index (χ0v) is 17.8. The van der Waals surface area contributed by atoms with E-state index in [4.69, 9.17) is 22.1 Å². The molecule has 9 nitrogen and oxygen atoms in total. The topological polar surface area (TPSA) is 120 Å². The number of hydrogen-bond donors (Lipinski definition) is 3. The van der Waals surface area contributed by atoms with Crippen LogP contribution in [-0.4, -0.2) is 51.2 Å². The van der Waals surface area contributed by atoms with Crippen LogP contribution in [0.2, 0.25) is 5.02 Å². The van der Waals surface area contributed by atoms with Crippen LogP contribution in [0.4, 0.5) is 5.95 Å². The Balaban J connectivity index is 1.50. The Bertz CT molecular complexity index is 1070. The summed E-state index contributed by atoms with van der Waals surface area (Å²) < 4.78 is 7.09. The van der Waals surface area contributed by atoms with E-state index >= 15 is 0 Å². The van der Waals surface area contributed by atoms with Gasteiger partial charge < -0.3 is 21.1 Å². The number of nitrogens with one attached hydrogen (secondary N) is 2. The van der Waals surface area contributed by atoms with Gasteiger partial charge in [0.2, 0.25) is 5.95 Å². The number of benzene rings is 1. The lowest BCUT2D eigenvalue weighted by Crippen LogP contribution is -2.33. The molecule has 0 aliphatic carbocycles. The summed E-state index contributed by atoms with van der Waals surface area (Å²) in [5.41, 5.74) is 7.82. The minimum absolute atomic E-state index is 0.194. The van der Waals surface area contributed by atoms with E-state index in [-0.39, 0.29) is 30.2 Å². The summed E-state index contributed by atoms with van der Waals surface area (Å²) in [6.07, 6.45) is 5.85. The number of amides is 1. The molecule has 1 aliphatic rings. The molecular weight excluding hydrogens is 418 g/mol. The standard InChI is InChI=1S/C21H24ClN7O2/c1-13-9-24-21(26-16-5-6-31-11-16)28-19(13)29-10-18(25-12-29)20(30)27-17(8-23)14-3-2-4-15(22)7-14/h2-4,7,9-10,12,16-17H,5-6,8,11,23H2,1H3,(H,27,30)(H,24,26,28)/t16-,17?/m0/s1. The van der Waals surface area contributed by atoms with Crippen molar-refractivity contribution in [1.82, 2.24) is 24.8 Å². The van der Waals surface area contributed by atoms with Crippen LogP contribution in [-0.2, 0) is 4.74 Å². The number of aromatic nitrogens is 4. The van der Waals surface area contributed by atoms with Gasteiger partial charge in [0.1, 0.15) is 17.8 Å². The van der Waals surface area contributed by atoms with E-state index in [1.54, 1.807) is 35.4 Å². The molecule has 2 atom stereocenters. The van der Waals surface area contributed by atoms with Crippen LogP contribution in [0.1, 0.15) is 34.1 Å². The molecular formula is C21H24ClN7O2. The molecule has 1 saturated heterocycles. The first-order valence-electron chi connectivity index (χ1n) is 10.0. The van der Waals surface area contributed by atoms with Crippen molar-refractivity contribution in [2.45, 2.75) is 25.4 Å². The Hall–Kier alpha value is -3.01. The van der Waals surface area contributed by atoms with E-state index in [0.717, 1.165) is 24.2 Å². The normalized spacial score (nSPS) is 16.8. The molecule has 1 aromatic carbocycles. The monoisotopic (exact) mass is 441 g/mol. The van der Waals surface area contributed by atoms with Crippen molar-refractivity contribution in [3.8, 4) is 5.82 Å².